The Kier molecular flexibility index (Phi) is 10.00. The van der Waals surface area contributed by atoms with Gasteiger partial charge in [0.05, 0.1) is 30.9 Å². The van der Waals surface area contributed by atoms with E-state index in [0.717, 1.165) is 24.2 Å². The number of ether oxygens (including phenoxy) is 1. The van der Waals surface area contributed by atoms with Gasteiger partial charge in [-0.1, -0.05) is 24.3 Å². The number of aliphatic imine (C=N–C) groups is 1. The van der Waals surface area contributed by atoms with E-state index in [4.69, 9.17) is 10.00 Å². The molecule has 0 aromatic heterocycles. The van der Waals surface area contributed by atoms with Crippen molar-refractivity contribution >= 4 is 29.9 Å². The Bertz CT molecular complexity index is 845. The van der Waals surface area contributed by atoms with Crippen molar-refractivity contribution in [2.45, 2.75) is 12.6 Å². The fourth-order valence-corrected chi connectivity index (χ4v) is 3.33. The van der Waals surface area contributed by atoms with Crippen molar-refractivity contribution in [3.8, 4) is 6.07 Å². The highest BCUT2D eigenvalue weighted by Gasteiger charge is 2.23. The normalized spacial score (nSPS) is 15.6. The fourth-order valence-electron chi connectivity index (χ4n) is 3.33. The first-order valence-electron chi connectivity index (χ1n) is 9.70. The molecule has 0 saturated carbocycles. The van der Waals surface area contributed by atoms with Gasteiger partial charge in [-0.15, -0.1) is 24.0 Å². The second-order valence-corrected chi connectivity index (χ2v) is 6.83. The van der Waals surface area contributed by atoms with E-state index in [2.05, 4.69) is 26.6 Å². The van der Waals surface area contributed by atoms with Crippen LogP contribution in [0.25, 0.3) is 0 Å². The Hall–Kier alpha value is -2.22. The number of nitrogens with one attached hydrogen (secondary N) is 2. The summed E-state index contributed by atoms with van der Waals surface area (Å²) in [5.74, 6) is 0.456. The van der Waals surface area contributed by atoms with Gasteiger partial charge in [-0.25, -0.2) is 4.39 Å². The molecule has 3 rings (SSSR count). The summed E-state index contributed by atoms with van der Waals surface area (Å²) in [5, 5.41) is 15.6. The molecule has 1 fully saturated rings. The van der Waals surface area contributed by atoms with Crippen molar-refractivity contribution < 1.29 is 9.13 Å². The number of rotatable bonds is 6. The first-order chi connectivity index (χ1) is 14.2. The van der Waals surface area contributed by atoms with Crippen molar-refractivity contribution in [1.29, 1.82) is 5.26 Å². The Morgan fingerprint density at radius 1 is 1.13 bits per heavy atom. The molecule has 1 aliphatic heterocycles. The van der Waals surface area contributed by atoms with Crippen LogP contribution in [0.2, 0.25) is 0 Å². The van der Waals surface area contributed by atoms with E-state index in [0.29, 0.717) is 37.8 Å². The molecule has 2 N–H and O–H groups in total. The lowest BCUT2D eigenvalue weighted by molar-refractivity contribution is 0.0170. The van der Waals surface area contributed by atoms with Crippen LogP contribution in [-0.2, 0) is 11.3 Å². The zero-order valence-electron chi connectivity index (χ0n) is 17.0. The predicted octanol–water partition coefficient (Wildman–Crippen LogP) is 3.05. The van der Waals surface area contributed by atoms with Gasteiger partial charge in [-0.3, -0.25) is 9.89 Å². The summed E-state index contributed by atoms with van der Waals surface area (Å²) in [6.07, 6.45) is 0. The summed E-state index contributed by atoms with van der Waals surface area (Å²) in [5.41, 5.74) is 2.77. The van der Waals surface area contributed by atoms with Crippen molar-refractivity contribution in [2.75, 3.05) is 39.9 Å². The molecule has 0 radical (unpaired) electrons. The largest absolute Gasteiger partial charge is 0.379 e. The van der Waals surface area contributed by atoms with E-state index in [9.17, 15) is 4.39 Å². The van der Waals surface area contributed by atoms with Gasteiger partial charge < -0.3 is 15.4 Å². The van der Waals surface area contributed by atoms with Gasteiger partial charge in [0.1, 0.15) is 5.82 Å². The van der Waals surface area contributed by atoms with Gasteiger partial charge in [-0.2, -0.15) is 5.26 Å². The molecule has 1 atom stereocenters. The molecule has 0 amide bonds. The lowest BCUT2D eigenvalue weighted by Crippen LogP contribution is -2.46. The van der Waals surface area contributed by atoms with E-state index >= 15 is 0 Å². The van der Waals surface area contributed by atoms with E-state index in [1.807, 2.05) is 24.3 Å². The monoisotopic (exact) mass is 523 g/mol. The van der Waals surface area contributed by atoms with Crippen LogP contribution in [0.15, 0.2) is 53.5 Å². The second kappa shape index (κ2) is 12.5. The number of morpholine rings is 1. The number of benzene rings is 2. The van der Waals surface area contributed by atoms with Crippen molar-refractivity contribution in [3.05, 3.63) is 71.0 Å². The molecular formula is C22H27FIN5O. The summed E-state index contributed by atoms with van der Waals surface area (Å²) >= 11 is 0. The molecule has 8 heteroatoms. The number of guanidine groups is 1. The molecule has 0 spiro atoms. The summed E-state index contributed by atoms with van der Waals surface area (Å²) < 4.78 is 18.9. The molecule has 160 valence electrons. The average Bonchev–Trinajstić information content (AvgIpc) is 2.78. The number of hydrogen-bond donors (Lipinski definition) is 2. The van der Waals surface area contributed by atoms with Crippen LogP contribution in [0.1, 0.15) is 22.7 Å². The smallest absolute Gasteiger partial charge is 0.191 e. The minimum Gasteiger partial charge on any atom is -0.379 e. The van der Waals surface area contributed by atoms with Gasteiger partial charge in [0.25, 0.3) is 0 Å². The van der Waals surface area contributed by atoms with Crippen LogP contribution in [0.3, 0.4) is 0 Å². The van der Waals surface area contributed by atoms with E-state index < -0.39 is 0 Å². The summed E-state index contributed by atoms with van der Waals surface area (Å²) in [6.45, 7) is 4.30. The zero-order valence-corrected chi connectivity index (χ0v) is 19.3. The van der Waals surface area contributed by atoms with Crippen LogP contribution >= 0.6 is 24.0 Å². The molecule has 1 heterocycles. The maximum Gasteiger partial charge on any atom is 0.191 e. The molecule has 0 aliphatic carbocycles. The lowest BCUT2D eigenvalue weighted by atomic mass is 10.0. The Labute approximate surface area is 194 Å². The Morgan fingerprint density at radius 2 is 1.80 bits per heavy atom. The molecule has 1 unspecified atom stereocenters. The standard InChI is InChI=1S/C22H26FN5O.HI/c1-25-22(26-15-18-4-2-17(14-24)3-5-18)27-16-21(28-10-12-29-13-11-28)19-6-8-20(23)9-7-19;/h2-9,21H,10-13,15-16H2,1H3,(H2,25,26,27);1H. The molecule has 2 aromatic carbocycles. The van der Waals surface area contributed by atoms with Gasteiger partial charge in [0.2, 0.25) is 0 Å². The predicted molar refractivity (Wildman–Crippen MR) is 126 cm³/mol. The molecule has 1 aliphatic rings. The summed E-state index contributed by atoms with van der Waals surface area (Å²) in [7, 11) is 1.73. The Balaban J connectivity index is 0.00000320. The van der Waals surface area contributed by atoms with Gasteiger partial charge in [0.15, 0.2) is 5.96 Å². The molecule has 2 aromatic rings. The van der Waals surface area contributed by atoms with E-state index in [-0.39, 0.29) is 35.8 Å². The quantitative estimate of drug-likeness (QED) is 0.346. The summed E-state index contributed by atoms with van der Waals surface area (Å²) in [4.78, 5) is 6.65. The first-order valence-corrected chi connectivity index (χ1v) is 9.70. The molecule has 0 bridgehead atoms. The highest BCUT2D eigenvalue weighted by Crippen LogP contribution is 2.21. The molecular weight excluding hydrogens is 496 g/mol. The van der Waals surface area contributed by atoms with Crippen LogP contribution in [0, 0.1) is 17.1 Å². The SMILES string of the molecule is CN=C(NCc1ccc(C#N)cc1)NCC(c1ccc(F)cc1)N1CCOCC1.I. The fraction of sp³-hybridized carbons (Fsp3) is 0.364. The lowest BCUT2D eigenvalue weighted by Gasteiger charge is -2.35. The number of nitrogens with zero attached hydrogens (tertiary/aromatic N) is 3. The molecule has 6 nitrogen and oxygen atoms in total. The maximum absolute atomic E-state index is 13.4. The number of nitriles is 1. The van der Waals surface area contributed by atoms with E-state index in [1.165, 1.54) is 12.1 Å². The summed E-state index contributed by atoms with van der Waals surface area (Å²) in [6, 6.07) is 16.3. The van der Waals surface area contributed by atoms with Crippen LogP contribution in [0.4, 0.5) is 4.39 Å². The van der Waals surface area contributed by atoms with Gasteiger partial charge >= 0.3 is 0 Å². The average molecular weight is 523 g/mol. The van der Waals surface area contributed by atoms with Crippen LogP contribution in [-0.4, -0.2) is 50.8 Å². The second-order valence-electron chi connectivity index (χ2n) is 6.83. The molecule has 1 saturated heterocycles. The third kappa shape index (κ3) is 6.93. The third-order valence-electron chi connectivity index (χ3n) is 4.97. The van der Waals surface area contributed by atoms with Crippen LogP contribution < -0.4 is 10.6 Å². The topological polar surface area (TPSA) is 72.7 Å². The minimum absolute atomic E-state index is 0. The first kappa shape index (κ1) is 24.1. The molecule has 30 heavy (non-hydrogen) atoms. The minimum atomic E-state index is -0.234. The van der Waals surface area contributed by atoms with Gasteiger partial charge in [-0.05, 0) is 35.4 Å². The van der Waals surface area contributed by atoms with Crippen molar-refractivity contribution in [2.24, 2.45) is 4.99 Å². The number of hydrogen-bond acceptors (Lipinski definition) is 4. The van der Waals surface area contributed by atoms with Crippen molar-refractivity contribution in [3.63, 3.8) is 0 Å². The van der Waals surface area contributed by atoms with Crippen molar-refractivity contribution in [1.82, 2.24) is 15.5 Å². The third-order valence-corrected chi connectivity index (χ3v) is 4.97. The number of halogens is 2. The highest BCUT2D eigenvalue weighted by molar-refractivity contribution is 14.0. The van der Waals surface area contributed by atoms with Crippen LogP contribution in [0.5, 0.6) is 0 Å². The van der Waals surface area contributed by atoms with E-state index in [1.54, 1.807) is 19.2 Å². The zero-order chi connectivity index (χ0) is 20.5. The Morgan fingerprint density at radius 3 is 2.40 bits per heavy atom. The highest BCUT2D eigenvalue weighted by atomic mass is 127. The van der Waals surface area contributed by atoms with Gasteiger partial charge in [0, 0.05) is 33.2 Å². The maximum atomic E-state index is 13.4.